The summed E-state index contributed by atoms with van der Waals surface area (Å²) in [4.78, 5) is 24.4. The van der Waals surface area contributed by atoms with E-state index in [2.05, 4.69) is 26.0 Å². The van der Waals surface area contributed by atoms with Crippen LogP contribution in [0.15, 0.2) is 23.8 Å². The Morgan fingerprint density at radius 3 is 2.67 bits per heavy atom. The highest BCUT2D eigenvalue weighted by Gasteiger charge is 2.65. The molecule has 0 aromatic rings. The second-order valence-electron chi connectivity index (χ2n) is 9.67. The van der Waals surface area contributed by atoms with Crippen molar-refractivity contribution in [3.8, 4) is 0 Å². The van der Waals surface area contributed by atoms with Crippen LogP contribution in [0.5, 0.6) is 0 Å². The third-order valence-electron chi connectivity index (χ3n) is 8.94. The van der Waals surface area contributed by atoms with Crippen molar-refractivity contribution in [2.45, 2.75) is 52.9 Å². The monoisotopic (exact) mass is 324 g/mol. The molecule has 2 nitrogen and oxygen atoms in total. The molecule has 0 saturated heterocycles. The van der Waals surface area contributed by atoms with Crippen LogP contribution < -0.4 is 0 Å². The topological polar surface area (TPSA) is 34.1 Å². The zero-order chi connectivity index (χ0) is 16.9. The van der Waals surface area contributed by atoms with Crippen molar-refractivity contribution in [3.63, 3.8) is 0 Å². The van der Waals surface area contributed by atoms with Gasteiger partial charge in [0, 0.05) is 11.8 Å². The van der Waals surface area contributed by atoms with Crippen LogP contribution in [0.3, 0.4) is 0 Å². The van der Waals surface area contributed by atoms with Crippen molar-refractivity contribution in [2.24, 2.45) is 46.3 Å². The predicted octanol–water partition coefficient (Wildman–Crippen LogP) is 4.36. The minimum absolute atomic E-state index is 0.197. The minimum Gasteiger partial charge on any atom is -0.300 e. The molecular weight excluding hydrogens is 296 g/mol. The lowest BCUT2D eigenvalue weighted by Crippen LogP contribution is -2.50. The largest absolute Gasteiger partial charge is 0.300 e. The van der Waals surface area contributed by atoms with Gasteiger partial charge in [0.15, 0.2) is 5.78 Å². The maximum absolute atomic E-state index is 12.2. The molecule has 8 atom stereocenters. The zero-order valence-electron chi connectivity index (χ0n) is 15.0. The molecule has 0 heterocycles. The van der Waals surface area contributed by atoms with Crippen LogP contribution in [0.25, 0.3) is 0 Å². The summed E-state index contributed by atoms with van der Waals surface area (Å²) >= 11 is 0. The summed E-state index contributed by atoms with van der Waals surface area (Å²) in [5, 5.41) is 0. The molecule has 0 amide bonds. The summed E-state index contributed by atoms with van der Waals surface area (Å²) < 4.78 is 0. The lowest BCUT2D eigenvalue weighted by atomic mass is 9.48. The number of carbonyl (C=O) groups is 2. The summed E-state index contributed by atoms with van der Waals surface area (Å²) in [7, 11) is 0. The number of hydrogen-bond acceptors (Lipinski definition) is 2. The van der Waals surface area contributed by atoms with Crippen molar-refractivity contribution < 1.29 is 9.59 Å². The number of hydrogen-bond donors (Lipinski definition) is 0. The van der Waals surface area contributed by atoms with Crippen LogP contribution in [-0.2, 0) is 9.59 Å². The van der Waals surface area contributed by atoms with Gasteiger partial charge >= 0.3 is 0 Å². The Kier molecular flexibility index (Phi) is 2.84. The minimum atomic E-state index is 0.197. The number of ketones is 2. The van der Waals surface area contributed by atoms with Gasteiger partial charge in [0.2, 0.25) is 0 Å². The third-order valence-corrected chi connectivity index (χ3v) is 8.94. The van der Waals surface area contributed by atoms with E-state index in [4.69, 9.17) is 0 Å². The van der Waals surface area contributed by atoms with Gasteiger partial charge in [0.25, 0.3) is 0 Å². The molecule has 5 aliphatic carbocycles. The average molecular weight is 324 g/mol. The Labute approximate surface area is 144 Å². The van der Waals surface area contributed by atoms with Gasteiger partial charge < -0.3 is 0 Å². The number of Topliss-reactive ketones (excluding diaryl/α,β-unsaturated/α-hetero) is 1. The summed E-state index contributed by atoms with van der Waals surface area (Å²) in [5.74, 6) is 3.84. The number of fused-ring (bicyclic) bond motifs is 7. The van der Waals surface area contributed by atoms with Crippen LogP contribution in [0.2, 0.25) is 0 Å². The van der Waals surface area contributed by atoms with Crippen LogP contribution in [0, 0.1) is 46.3 Å². The van der Waals surface area contributed by atoms with Gasteiger partial charge in [-0.1, -0.05) is 26.0 Å². The molecule has 0 radical (unpaired) electrons. The van der Waals surface area contributed by atoms with Gasteiger partial charge in [-0.15, -0.1) is 0 Å². The summed E-state index contributed by atoms with van der Waals surface area (Å²) in [5.41, 5.74) is 1.70. The van der Waals surface area contributed by atoms with Gasteiger partial charge in [-0.25, -0.2) is 0 Å². The molecule has 0 N–H and O–H groups in total. The second-order valence-corrected chi connectivity index (χ2v) is 9.67. The summed E-state index contributed by atoms with van der Waals surface area (Å²) in [6.07, 6.45) is 12.4. The lowest BCUT2D eigenvalue weighted by molar-refractivity contribution is -0.127. The first kappa shape index (κ1) is 15.1. The summed E-state index contributed by atoms with van der Waals surface area (Å²) in [6.45, 7) is 6.63. The van der Waals surface area contributed by atoms with Gasteiger partial charge in [0.05, 0.1) is 0 Å². The fraction of sp³-hybridized carbons (Fsp3) is 0.727. The first-order valence-electron chi connectivity index (χ1n) is 9.82. The predicted molar refractivity (Wildman–Crippen MR) is 93.2 cm³/mol. The van der Waals surface area contributed by atoms with Crippen molar-refractivity contribution in [3.05, 3.63) is 23.8 Å². The molecule has 0 aromatic carbocycles. The number of carbonyl (C=O) groups excluding carboxylic acids is 2. The van der Waals surface area contributed by atoms with E-state index < -0.39 is 0 Å². The normalized spacial score (nSPS) is 54.3. The highest BCUT2D eigenvalue weighted by molar-refractivity contribution is 5.97. The van der Waals surface area contributed by atoms with Crippen LogP contribution in [-0.4, -0.2) is 11.6 Å². The van der Waals surface area contributed by atoms with Gasteiger partial charge in [-0.2, -0.15) is 0 Å². The molecule has 0 aromatic heterocycles. The molecule has 2 heteroatoms. The fourth-order valence-electron chi connectivity index (χ4n) is 7.56. The van der Waals surface area contributed by atoms with Crippen molar-refractivity contribution in [1.29, 1.82) is 0 Å². The molecule has 24 heavy (non-hydrogen) atoms. The molecule has 0 spiro atoms. The van der Waals surface area contributed by atoms with E-state index in [1.165, 1.54) is 24.8 Å². The molecule has 3 unspecified atom stereocenters. The Morgan fingerprint density at radius 2 is 1.92 bits per heavy atom. The van der Waals surface area contributed by atoms with Gasteiger partial charge in [-0.3, -0.25) is 9.59 Å². The Bertz CT molecular complexity index is 701. The molecule has 5 aliphatic rings. The Hall–Kier alpha value is -1.18. The summed E-state index contributed by atoms with van der Waals surface area (Å²) in [6, 6.07) is 0. The first-order chi connectivity index (χ1) is 11.4. The van der Waals surface area contributed by atoms with Crippen molar-refractivity contribution >= 4 is 11.6 Å². The second kappa shape index (κ2) is 4.51. The molecule has 128 valence electrons. The van der Waals surface area contributed by atoms with Gasteiger partial charge in [-0.05, 0) is 85.2 Å². The Balaban J connectivity index is 1.56. The molecule has 0 bridgehead atoms. The van der Waals surface area contributed by atoms with Crippen molar-refractivity contribution in [2.75, 3.05) is 0 Å². The zero-order valence-corrected chi connectivity index (χ0v) is 15.0. The quantitative estimate of drug-likeness (QED) is 0.718. The molecule has 0 aliphatic heterocycles. The SMILES string of the molecule is CC(=O)[C@H]1CC[C@H]2[C@@H]3C=CC4=CC(=O)C5CC5[C@@]4(C)C3CC[C@]12C. The molecule has 5 rings (SSSR count). The van der Waals surface area contributed by atoms with Crippen LogP contribution >= 0.6 is 0 Å². The maximum atomic E-state index is 12.2. The van der Waals surface area contributed by atoms with Crippen LogP contribution in [0.4, 0.5) is 0 Å². The fourth-order valence-corrected chi connectivity index (χ4v) is 7.56. The highest BCUT2D eigenvalue weighted by atomic mass is 16.1. The third kappa shape index (κ3) is 1.63. The van der Waals surface area contributed by atoms with E-state index in [0.29, 0.717) is 41.2 Å². The van der Waals surface area contributed by atoms with E-state index in [1.807, 2.05) is 6.08 Å². The average Bonchev–Trinajstić information content (AvgIpc) is 3.26. The van der Waals surface area contributed by atoms with Gasteiger partial charge in [0.1, 0.15) is 5.78 Å². The number of allylic oxidation sites excluding steroid dienone is 4. The smallest absolute Gasteiger partial charge is 0.159 e. The lowest BCUT2D eigenvalue weighted by Gasteiger charge is -2.56. The van der Waals surface area contributed by atoms with E-state index in [9.17, 15) is 9.59 Å². The first-order valence-corrected chi connectivity index (χ1v) is 9.82. The van der Waals surface area contributed by atoms with E-state index >= 15 is 0 Å². The van der Waals surface area contributed by atoms with E-state index in [-0.39, 0.29) is 16.7 Å². The van der Waals surface area contributed by atoms with Crippen molar-refractivity contribution in [1.82, 2.24) is 0 Å². The van der Waals surface area contributed by atoms with E-state index in [0.717, 1.165) is 12.8 Å². The highest BCUT2D eigenvalue weighted by Crippen LogP contribution is 2.70. The standard InChI is InChI=1S/C22H28O2/c1-12(23)16-6-7-17-14-5-4-13-10-20(24)15-11-19(15)22(13,3)18(14)8-9-21(16,17)2/h4-5,10,14-19H,6-9,11H2,1-3H3/t14-,15?,16+,17-,18?,19?,21+,22+/m0/s1. The Morgan fingerprint density at radius 1 is 1.12 bits per heavy atom. The van der Waals surface area contributed by atoms with Crippen LogP contribution in [0.1, 0.15) is 52.9 Å². The molecular formula is C22H28O2. The molecule has 3 saturated carbocycles. The molecule has 3 fully saturated rings. The number of rotatable bonds is 1. The maximum Gasteiger partial charge on any atom is 0.159 e. The van der Waals surface area contributed by atoms with E-state index in [1.54, 1.807) is 6.92 Å².